The van der Waals surface area contributed by atoms with Gasteiger partial charge in [0.2, 0.25) is 0 Å². The minimum absolute atomic E-state index is 0.372. The van der Waals surface area contributed by atoms with Gasteiger partial charge >= 0.3 is 0 Å². The van der Waals surface area contributed by atoms with Gasteiger partial charge in [-0.15, -0.1) is 0 Å². The van der Waals surface area contributed by atoms with E-state index in [9.17, 15) is 0 Å². The third-order valence-corrected chi connectivity index (χ3v) is 6.28. The zero-order valence-electron chi connectivity index (χ0n) is 15.7. The van der Waals surface area contributed by atoms with Crippen molar-refractivity contribution in [2.24, 2.45) is 11.8 Å². The number of hydrogen-bond acceptors (Lipinski definition) is 3. The zero-order chi connectivity index (χ0) is 17.8. The fourth-order valence-corrected chi connectivity index (χ4v) is 4.88. The van der Waals surface area contributed by atoms with Crippen molar-refractivity contribution < 1.29 is 4.74 Å². The molecule has 0 amide bonds. The third kappa shape index (κ3) is 3.79. The van der Waals surface area contributed by atoms with Crippen molar-refractivity contribution in [2.75, 3.05) is 13.7 Å². The summed E-state index contributed by atoms with van der Waals surface area (Å²) in [6.45, 7) is 1.99. The van der Waals surface area contributed by atoms with Gasteiger partial charge in [0, 0.05) is 24.2 Å². The molecule has 2 aliphatic rings. The smallest absolute Gasteiger partial charge is 0.123 e. The summed E-state index contributed by atoms with van der Waals surface area (Å²) in [5.74, 6) is 2.67. The molecule has 138 valence electrons. The lowest BCUT2D eigenvalue weighted by molar-refractivity contribution is 0.331. The van der Waals surface area contributed by atoms with Crippen LogP contribution in [0.4, 0.5) is 0 Å². The maximum absolute atomic E-state index is 5.54. The second kappa shape index (κ2) is 8.24. The summed E-state index contributed by atoms with van der Waals surface area (Å²) in [7, 11) is 1.75. The van der Waals surface area contributed by atoms with Crippen LogP contribution in [-0.4, -0.2) is 19.7 Å². The van der Waals surface area contributed by atoms with Crippen LogP contribution in [0.2, 0.25) is 0 Å². The Labute approximate surface area is 157 Å². The van der Waals surface area contributed by atoms with Crippen LogP contribution in [-0.2, 0) is 6.54 Å². The Hall–Kier alpha value is -1.84. The summed E-state index contributed by atoms with van der Waals surface area (Å²) < 4.78 is 5.54. The van der Waals surface area contributed by atoms with Crippen LogP contribution in [0, 0.1) is 11.8 Å². The highest BCUT2D eigenvalue weighted by atomic mass is 16.5. The molecule has 26 heavy (non-hydrogen) atoms. The predicted octanol–water partition coefficient (Wildman–Crippen LogP) is 4.30. The van der Waals surface area contributed by atoms with Crippen molar-refractivity contribution in [3.05, 3.63) is 65.7 Å². The molecule has 4 unspecified atom stereocenters. The van der Waals surface area contributed by atoms with Crippen molar-refractivity contribution >= 4 is 0 Å². The summed E-state index contributed by atoms with van der Waals surface area (Å²) in [6, 6.07) is 20.1. The minimum Gasteiger partial charge on any atom is -0.496 e. The molecule has 0 radical (unpaired) electrons. The number of benzene rings is 2. The van der Waals surface area contributed by atoms with Crippen LogP contribution in [0.5, 0.6) is 5.75 Å². The number of methoxy groups -OCH3 is 1. The number of hydrogen-bond donors (Lipinski definition) is 2. The Bertz CT molecular complexity index is 702. The number of fused-ring (bicyclic) bond motifs is 1. The molecule has 1 aliphatic carbocycles. The van der Waals surface area contributed by atoms with E-state index in [-0.39, 0.29) is 0 Å². The molecular weight excluding hydrogens is 320 g/mol. The SMILES string of the molecule is COc1ccccc1CNC1CC2CCCC2CNC1c1ccccc1. The average molecular weight is 351 g/mol. The summed E-state index contributed by atoms with van der Waals surface area (Å²) in [5.41, 5.74) is 2.62. The lowest BCUT2D eigenvalue weighted by atomic mass is 9.88. The normalized spacial score (nSPS) is 28.3. The third-order valence-electron chi connectivity index (χ3n) is 6.28. The first-order valence-electron chi connectivity index (χ1n) is 9.99. The Kier molecular flexibility index (Phi) is 5.57. The van der Waals surface area contributed by atoms with E-state index in [1.807, 2.05) is 12.1 Å². The molecule has 0 aromatic heterocycles. The van der Waals surface area contributed by atoms with E-state index >= 15 is 0 Å². The van der Waals surface area contributed by atoms with E-state index < -0.39 is 0 Å². The number of nitrogens with one attached hydrogen (secondary N) is 2. The molecule has 3 heteroatoms. The first-order chi connectivity index (χ1) is 12.8. The highest BCUT2D eigenvalue weighted by Gasteiger charge is 2.36. The van der Waals surface area contributed by atoms with Crippen LogP contribution >= 0.6 is 0 Å². The zero-order valence-corrected chi connectivity index (χ0v) is 15.7. The molecule has 1 saturated heterocycles. The van der Waals surface area contributed by atoms with Crippen LogP contribution in [0.15, 0.2) is 54.6 Å². The highest BCUT2D eigenvalue weighted by Crippen LogP contribution is 2.39. The van der Waals surface area contributed by atoms with Gasteiger partial charge in [0.15, 0.2) is 0 Å². The molecular formula is C23H30N2O. The summed E-state index contributed by atoms with van der Waals surface area (Å²) in [5, 5.41) is 7.76. The molecule has 2 fully saturated rings. The number of para-hydroxylation sites is 1. The lowest BCUT2D eigenvalue weighted by Gasteiger charge is -2.29. The summed E-state index contributed by atoms with van der Waals surface area (Å²) >= 11 is 0. The van der Waals surface area contributed by atoms with E-state index in [0.29, 0.717) is 12.1 Å². The number of rotatable bonds is 5. The van der Waals surface area contributed by atoms with Gasteiger partial charge in [-0.2, -0.15) is 0 Å². The van der Waals surface area contributed by atoms with Crippen molar-refractivity contribution in [1.29, 1.82) is 0 Å². The van der Waals surface area contributed by atoms with Gasteiger partial charge in [0.1, 0.15) is 5.75 Å². The van der Waals surface area contributed by atoms with Gasteiger partial charge < -0.3 is 15.4 Å². The monoisotopic (exact) mass is 350 g/mol. The fraction of sp³-hybridized carbons (Fsp3) is 0.478. The van der Waals surface area contributed by atoms with Crippen molar-refractivity contribution in [3.63, 3.8) is 0 Å². The molecule has 4 atom stereocenters. The molecule has 1 saturated carbocycles. The second-order valence-corrected chi connectivity index (χ2v) is 7.78. The van der Waals surface area contributed by atoms with Crippen molar-refractivity contribution in [3.8, 4) is 5.75 Å². The first-order valence-corrected chi connectivity index (χ1v) is 9.99. The Morgan fingerprint density at radius 1 is 1.00 bits per heavy atom. The molecule has 3 nitrogen and oxygen atoms in total. The summed E-state index contributed by atoms with van der Waals surface area (Å²) in [6.07, 6.45) is 5.43. The van der Waals surface area contributed by atoms with Crippen molar-refractivity contribution in [1.82, 2.24) is 10.6 Å². The number of ether oxygens (including phenoxy) is 1. The lowest BCUT2D eigenvalue weighted by Crippen LogP contribution is -2.40. The van der Waals surface area contributed by atoms with E-state index in [1.165, 1.54) is 36.8 Å². The standard InChI is InChI=1S/C23H30N2O/c1-26-22-13-6-5-10-20(22)16-24-21-14-18-11-7-12-19(18)15-25-23(21)17-8-3-2-4-9-17/h2-6,8-10,13,18-19,21,23-25H,7,11-12,14-16H2,1H3. The van der Waals surface area contributed by atoms with E-state index in [0.717, 1.165) is 30.7 Å². The summed E-state index contributed by atoms with van der Waals surface area (Å²) in [4.78, 5) is 0. The van der Waals surface area contributed by atoms with Gasteiger partial charge in [-0.05, 0) is 42.9 Å². The second-order valence-electron chi connectivity index (χ2n) is 7.78. The molecule has 4 rings (SSSR count). The molecule has 2 aromatic rings. The largest absolute Gasteiger partial charge is 0.496 e. The molecule has 0 bridgehead atoms. The van der Waals surface area contributed by atoms with E-state index in [2.05, 4.69) is 53.1 Å². The molecule has 2 N–H and O–H groups in total. The Morgan fingerprint density at radius 2 is 1.77 bits per heavy atom. The Morgan fingerprint density at radius 3 is 2.62 bits per heavy atom. The maximum Gasteiger partial charge on any atom is 0.123 e. The average Bonchev–Trinajstić information content (AvgIpc) is 3.06. The molecule has 0 spiro atoms. The topological polar surface area (TPSA) is 33.3 Å². The maximum atomic E-state index is 5.54. The molecule has 1 heterocycles. The van der Waals surface area contributed by atoms with E-state index in [1.54, 1.807) is 7.11 Å². The van der Waals surface area contributed by atoms with Gasteiger partial charge in [-0.3, -0.25) is 0 Å². The fourth-order valence-electron chi connectivity index (χ4n) is 4.88. The predicted molar refractivity (Wildman–Crippen MR) is 106 cm³/mol. The van der Waals surface area contributed by atoms with Crippen LogP contribution in [0.1, 0.15) is 42.9 Å². The van der Waals surface area contributed by atoms with Gasteiger partial charge in [-0.25, -0.2) is 0 Å². The quantitative estimate of drug-likeness (QED) is 0.843. The molecule has 2 aromatic carbocycles. The Balaban J connectivity index is 1.54. The van der Waals surface area contributed by atoms with Crippen LogP contribution in [0.25, 0.3) is 0 Å². The van der Waals surface area contributed by atoms with Crippen LogP contribution < -0.4 is 15.4 Å². The van der Waals surface area contributed by atoms with Crippen LogP contribution in [0.3, 0.4) is 0 Å². The minimum atomic E-state index is 0.372. The van der Waals surface area contributed by atoms with Gasteiger partial charge in [0.25, 0.3) is 0 Å². The molecule has 1 aliphatic heterocycles. The van der Waals surface area contributed by atoms with E-state index in [4.69, 9.17) is 4.74 Å². The van der Waals surface area contributed by atoms with Gasteiger partial charge in [-0.1, -0.05) is 61.4 Å². The van der Waals surface area contributed by atoms with Gasteiger partial charge in [0.05, 0.1) is 7.11 Å². The highest BCUT2D eigenvalue weighted by molar-refractivity contribution is 5.33. The van der Waals surface area contributed by atoms with Crippen molar-refractivity contribution in [2.45, 2.75) is 44.3 Å². The first kappa shape index (κ1) is 17.6.